The molecule has 398 valence electrons. The van der Waals surface area contributed by atoms with Crippen LogP contribution in [0.25, 0.3) is 17.1 Å². The lowest BCUT2D eigenvalue weighted by Crippen LogP contribution is -2.61. The number of nitrogens with one attached hydrogen (secondary N) is 5. The van der Waals surface area contributed by atoms with Crippen molar-refractivity contribution in [2.45, 2.75) is 84.6 Å². The molecule has 22 heteroatoms. The second-order valence-electron chi connectivity index (χ2n) is 19.3. The number of nitrogens with zero attached hydrogens (tertiary/aromatic N) is 5. The minimum absolute atomic E-state index is 0.0781. The number of ether oxygens (including phenoxy) is 4. The highest BCUT2D eigenvalue weighted by molar-refractivity contribution is 6.03. The van der Waals surface area contributed by atoms with Gasteiger partial charge in [-0.2, -0.15) is 5.10 Å². The molecule has 2 aromatic carbocycles. The Bertz CT molecular complexity index is 2670. The molecule has 3 aromatic heterocycles. The van der Waals surface area contributed by atoms with E-state index in [9.17, 15) is 28.0 Å². The van der Waals surface area contributed by atoms with Gasteiger partial charge >= 0.3 is 0 Å². The first kappa shape index (κ1) is 54.9. The molecule has 0 saturated heterocycles. The molecule has 5 aromatic rings. The topological polar surface area (TPSA) is 251 Å². The minimum atomic E-state index is -2.95. The van der Waals surface area contributed by atoms with E-state index >= 15 is 0 Å². The predicted octanol–water partition coefficient (Wildman–Crippen LogP) is 5.03. The van der Waals surface area contributed by atoms with Gasteiger partial charge < -0.3 is 60.6 Å². The first-order chi connectivity index (χ1) is 35.6. The van der Waals surface area contributed by atoms with Crippen molar-refractivity contribution in [2.75, 3.05) is 77.0 Å². The van der Waals surface area contributed by atoms with Crippen molar-refractivity contribution in [1.82, 2.24) is 40.6 Å². The molecule has 1 aliphatic carbocycles. The number of amides is 4. The summed E-state index contributed by atoms with van der Waals surface area (Å²) in [5.74, 6) is 0.0595. The number of hydrogen-bond acceptors (Lipinski definition) is 15. The van der Waals surface area contributed by atoms with Crippen LogP contribution in [0.1, 0.15) is 79.8 Å². The molecule has 7 rings (SSSR count). The van der Waals surface area contributed by atoms with Crippen molar-refractivity contribution >= 4 is 35.1 Å². The van der Waals surface area contributed by atoms with Crippen LogP contribution in [0.15, 0.2) is 77.7 Å². The van der Waals surface area contributed by atoms with Crippen molar-refractivity contribution in [2.24, 2.45) is 17.1 Å². The van der Waals surface area contributed by atoms with Gasteiger partial charge in [0.1, 0.15) is 36.5 Å². The molecule has 0 unspecified atom stereocenters. The number of primary amides is 1. The van der Waals surface area contributed by atoms with Gasteiger partial charge in [0.05, 0.1) is 63.3 Å². The molecular formula is C52H67F2N11O9. The largest absolute Gasteiger partial charge is 0.491 e. The van der Waals surface area contributed by atoms with E-state index < -0.39 is 47.5 Å². The van der Waals surface area contributed by atoms with Crippen LogP contribution in [0.2, 0.25) is 0 Å². The van der Waals surface area contributed by atoms with Gasteiger partial charge in [-0.1, -0.05) is 39.0 Å². The Kier molecular flexibility index (Phi) is 19.2. The summed E-state index contributed by atoms with van der Waals surface area (Å²) >= 11 is 0. The number of rotatable bonds is 28. The van der Waals surface area contributed by atoms with Crippen LogP contribution in [0.5, 0.6) is 5.75 Å². The third-order valence-electron chi connectivity index (χ3n) is 12.5. The standard InChI is InChI=1S/C52H67F2N11O9/c1-32(56-5)48(67)62-45(52(2,3)4)51(69)64-29-37-24-39(13-10-35(37)25-42(64)47(55)66)73-23-22-72-21-20-71-19-18-70-17-16-57-27-33-8-11-38(12-9-33)65-30-40(44(63-65)46(53)54)60-49(68)41-31-74-50(61-41)36-14-15-58-43(26-36)59-28-34-6-7-34/h8-15,24,26,30-32,34,42,45-46,56-57H,6-7,16-23,25,27-29H2,1-5H3,(H2,55,66)(H,58,59)(H,60,68)(H,62,67)/t32-,42-,45+/m0/s1. The van der Waals surface area contributed by atoms with E-state index in [0.717, 1.165) is 23.2 Å². The lowest BCUT2D eigenvalue weighted by Gasteiger charge is -2.40. The number of pyridine rings is 1. The van der Waals surface area contributed by atoms with Gasteiger partial charge in [0.2, 0.25) is 23.6 Å². The summed E-state index contributed by atoms with van der Waals surface area (Å²) in [6.45, 7) is 12.0. The highest BCUT2D eigenvalue weighted by Crippen LogP contribution is 2.32. The average Bonchev–Trinajstić information content (AvgIpc) is 3.90. The molecule has 74 heavy (non-hydrogen) atoms. The quantitative estimate of drug-likeness (QED) is 0.0360. The third-order valence-corrected chi connectivity index (χ3v) is 12.5. The van der Waals surface area contributed by atoms with Crippen molar-refractivity contribution in [1.29, 1.82) is 0 Å². The van der Waals surface area contributed by atoms with E-state index in [0.29, 0.717) is 81.5 Å². The lowest BCUT2D eigenvalue weighted by molar-refractivity contribution is -0.146. The number of nitrogens with two attached hydrogens (primary N) is 1. The van der Waals surface area contributed by atoms with Crippen molar-refractivity contribution in [3.8, 4) is 22.9 Å². The number of anilines is 2. The molecule has 4 heterocycles. The minimum Gasteiger partial charge on any atom is -0.491 e. The molecule has 20 nitrogen and oxygen atoms in total. The fraction of sp³-hybridized carbons (Fsp3) is 0.481. The van der Waals surface area contributed by atoms with Gasteiger partial charge in [0.25, 0.3) is 12.3 Å². The van der Waals surface area contributed by atoms with E-state index in [1.165, 1.54) is 34.9 Å². The summed E-state index contributed by atoms with van der Waals surface area (Å²) in [4.78, 5) is 62.5. The maximum Gasteiger partial charge on any atom is 0.284 e. The summed E-state index contributed by atoms with van der Waals surface area (Å²) in [6, 6.07) is 14.0. The molecule has 1 saturated carbocycles. The number of oxazole rings is 1. The smallest absolute Gasteiger partial charge is 0.284 e. The summed E-state index contributed by atoms with van der Waals surface area (Å²) in [7, 11) is 1.66. The molecule has 2 aliphatic rings. The zero-order chi connectivity index (χ0) is 52.8. The number of aromatic nitrogens is 4. The molecule has 1 aliphatic heterocycles. The van der Waals surface area contributed by atoms with Gasteiger partial charge in [-0.3, -0.25) is 19.2 Å². The Balaban J connectivity index is 0.751. The number of benzene rings is 2. The number of fused-ring (bicyclic) bond motifs is 1. The van der Waals surface area contributed by atoms with Crippen LogP contribution in [0, 0.1) is 11.3 Å². The van der Waals surface area contributed by atoms with Crippen LogP contribution in [-0.2, 0) is 48.1 Å². The van der Waals surface area contributed by atoms with Crippen molar-refractivity contribution in [3.05, 3.63) is 101 Å². The molecule has 1 fully saturated rings. The number of hydrogen-bond donors (Lipinski definition) is 6. The van der Waals surface area contributed by atoms with E-state index in [-0.39, 0.29) is 48.7 Å². The van der Waals surface area contributed by atoms with E-state index in [1.54, 1.807) is 44.4 Å². The zero-order valence-corrected chi connectivity index (χ0v) is 42.5. The summed E-state index contributed by atoms with van der Waals surface area (Å²) in [6.07, 6.45) is 3.83. The summed E-state index contributed by atoms with van der Waals surface area (Å²) in [5, 5.41) is 18.9. The maximum absolute atomic E-state index is 14.1. The van der Waals surface area contributed by atoms with Gasteiger partial charge in [0.15, 0.2) is 11.4 Å². The van der Waals surface area contributed by atoms with Gasteiger partial charge in [0, 0.05) is 44.4 Å². The zero-order valence-electron chi connectivity index (χ0n) is 42.5. The molecule has 0 radical (unpaired) electrons. The molecule has 3 atom stereocenters. The van der Waals surface area contributed by atoms with Crippen molar-refractivity contribution < 1.29 is 51.3 Å². The number of likely N-dealkylation sites (N-methyl/N-ethyl adjacent to an activating group) is 1. The van der Waals surface area contributed by atoms with Crippen LogP contribution in [0.4, 0.5) is 20.3 Å². The summed E-state index contributed by atoms with van der Waals surface area (Å²) < 4.78 is 57.9. The number of carbonyl (C=O) groups is 4. The summed E-state index contributed by atoms with van der Waals surface area (Å²) in [5.41, 5.74) is 8.15. The molecule has 7 N–H and O–H groups in total. The normalized spacial score (nSPS) is 15.4. The Morgan fingerprint density at radius 2 is 1.64 bits per heavy atom. The third kappa shape index (κ3) is 15.4. The van der Waals surface area contributed by atoms with Crippen LogP contribution in [-0.4, -0.2) is 133 Å². The average molecular weight is 1030 g/mol. The van der Waals surface area contributed by atoms with Crippen molar-refractivity contribution in [3.63, 3.8) is 0 Å². The van der Waals surface area contributed by atoms with Gasteiger partial charge in [-0.05, 0) is 91.2 Å². The van der Waals surface area contributed by atoms with Crippen LogP contribution >= 0.6 is 0 Å². The first-order valence-electron chi connectivity index (χ1n) is 24.8. The Labute approximate surface area is 428 Å². The predicted molar refractivity (Wildman–Crippen MR) is 271 cm³/mol. The van der Waals surface area contributed by atoms with E-state index in [2.05, 4.69) is 41.7 Å². The molecule has 0 bridgehead atoms. The van der Waals surface area contributed by atoms with Gasteiger partial charge in [-0.15, -0.1) is 0 Å². The Morgan fingerprint density at radius 3 is 2.31 bits per heavy atom. The first-order valence-corrected chi connectivity index (χ1v) is 24.8. The highest BCUT2D eigenvalue weighted by Gasteiger charge is 2.42. The Morgan fingerprint density at radius 1 is 0.919 bits per heavy atom. The molecular weight excluding hydrogens is 961 g/mol. The monoisotopic (exact) mass is 1030 g/mol. The van der Waals surface area contributed by atoms with E-state index in [1.807, 2.05) is 51.1 Å². The second kappa shape index (κ2) is 25.9. The van der Waals surface area contributed by atoms with Gasteiger partial charge in [-0.25, -0.2) is 23.4 Å². The SMILES string of the molecule is CN[C@@H](C)C(=O)N[C@H](C(=O)N1Cc2cc(OCCOCCOCCOCCNCc3ccc(-n4cc(NC(=O)c5coc(-c6ccnc(NCC7CC7)c6)n5)c(C(F)F)n4)cc3)ccc2C[C@H]1C(N)=O)C(C)(C)C. The second-order valence-corrected chi connectivity index (χ2v) is 19.3. The fourth-order valence-corrected chi connectivity index (χ4v) is 7.96. The maximum atomic E-state index is 14.1. The van der Waals surface area contributed by atoms with Crippen LogP contribution in [0.3, 0.4) is 0 Å². The number of carbonyl (C=O) groups excluding carboxylic acids is 4. The lowest BCUT2D eigenvalue weighted by atomic mass is 9.84. The Hall–Kier alpha value is -6.85. The van der Waals surface area contributed by atoms with Crippen LogP contribution < -0.4 is 37.1 Å². The number of alkyl halides is 2. The highest BCUT2D eigenvalue weighted by atomic mass is 19.3. The fourth-order valence-electron chi connectivity index (χ4n) is 7.96. The number of halogens is 2. The van der Waals surface area contributed by atoms with E-state index in [4.69, 9.17) is 29.1 Å². The molecule has 4 amide bonds. The molecule has 0 spiro atoms.